The zero-order valence-corrected chi connectivity index (χ0v) is 15.2. The second kappa shape index (κ2) is 8.52. The highest BCUT2D eigenvalue weighted by Gasteiger charge is 2.26. The highest BCUT2D eigenvalue weighted by atomic mass is 15.3. The molecule has 2 aliphatic rings. The second-order valence-corrected chi connectivity index (χ2v) is 7.20. The third-order valence-electron chi connectivity index (χ3n) is 5.59. The SMILES string of the molecule is CN=C(NCCN1CCCCC1C)N1CCC(c2ccccc2)C1. The Morgan fingerprint density at radius 3 is 2.75 bits per heavy atom. The summed E-state index contributed by atoms with van der Waals surface area (Å²) in [5.74, 6) is 1.70. The molecule has 2 fully saturated rings. The Balaban J connectivity index is 1.47. The van der Waals surface area contributed by atoms with Gasteiger partial charge in [-0.2, -0.15) is 0 Å². The Labute approximate surface area is 146 Å². The van der Waals surface area contributed by atoms with Gasteiger partial charge in [-0.25, -0.2) is 0 Å². The number of nitrogens with zero attached hydrogens (tertiary/aromatic N) is 3. The molecule has 0 spiro atoms. The van der Waals surface area contributed by atoms with E-state index < -0.39 is 0 Å². The summed E-state index contributed by atoms with van der Waals surface area (Å²) in [5, 5.41) is 3.59. The van der Waals surface area contributed by atoms with Gasteiger partial charge in [0.05, 0.1) is 0 Å². The predicted molar refractivity (Wildman–Crippen MR) is 102 cm³/mol. The van der Waals surface area contributed by atoms with E-state index >= 15 is 0 Å². The van der Waals surface area contributed by atoms with E-state index in [0.29, 0.717) is 5.92 Å². The largest absolute Gasteiger partial charge is 0.355 e. The Kier molecular flexibility index (Phi) is 6.13. The molecule has 1 N–H and O–H groups in total. The molecule has 132 valence electrons. The number of likely N-dealkylation sites (tertiary alicyclic amines) is 2. The van der Waals surface area contributed by atoms with Crippen LogP contribution in [0, 0.1) is 0 Å². The van der Waals surface area contributed by atoms with Crippen molar-refractivity contribution < 1.29 is 0 Å². The molecule has 1 aromatic rings. The molecule has 0 amide bonds. The first-order valence-corrected chi connectivity index (χ1v) is 9.52. The average molecular weight is 329 g/mol. The van der Waals surface area contributed by atoms with Crippen molar-refractivity contribution in [3.05, 3.63) is 35.9 Å². The normalized spacial score (nSPS) is 25.9. The number of aliphatic imine (C=N–C) groups is 1. The van der Waals surface area contributed by atoms with E-state index in [-0.39, 0.29) is 0 Å². The summed E-state index contributed by atoms with van der Waals surface area (Å²) >= 11 is 0. The molecule has 0 radical (unpaired) electrons. The molecule has 0 bridgehead atoms. The molecule has 4 nitrogen and oxygen atoms in total. The van der Waals surface area contributed by atoms with E-state index in [0.717, 1.165) is 38.2 Å². The van der Waals surface area contributed by atoms with Crippen molar-refractivity contribution in [3.8, 4) is 0 Å². The van der Waals surface area contributed by atoms with Gasteiger partial charge in [0.15, 0.2) is 5.96 Å². The summed E-state index contributed by atoms with van der Waals surface area (Å²) < 4.78 is 0. The molecule has 1 aromatic carbocycles. The van der Waals surface area contributed by atoms with Crippen LogP contribution in [0.5, 0.6) is 0 Å². The number of guanidine groups is 1. The van der Waals surface area contributed by atoms with Gasteiger partial charge in [0.2, 0.25) is 0 Å². The topological polar surface area (TPSA) is 30.9 Å². The van der Waals surface area contributed by atoms with Gasteiger partial charge in [-0.1, -0.05) is 36.8 Å². The lowest BCUT2D eigenvalue weighted by Gasteiger charge is -2.33. The molecule has 3 rings (SSSR count). The first kappa shape index (κ1) is 17.3. The van der Waals surface area contributed by atoms with Gasteiger partial charge in [-0.15, -0.1) is 0 Å². The monoisotopic (exact) mass is 328 g/mol. The zero-order chi connectivity index (χ0) is 16.8. The summed E-state index contributed by atoms with van der Waals surface area (Å²) in [6.07, 6.45) is 5.30. The fourth-order valence-corrected chi connectivity index (χ4v) is 4.08. The lowest BCUT2D eigenvalue weighted by Crippen LogP contribution is -2.46. The number of hydrogen-bond donors (Lipinski definition) is 1. The Morgan fingerprint density at radius 1 is 1.17 bits per heavy atom. The third kappa shape index (κ3) is 4.29. The number of hydrogen-bond acceptors (Lipinski definition) is 2. The Bertz CT molecular complexity index is 528. The van der Waals surface area contributed by atoms with Gasteiger partial charge in [-0.05, 0) is 38.3 Å². The van der Waals surface area contributed by atoms with Crippen LogP contribution in [0.3, 0.4) is 0 Å². The van der Waals surface area contributed by atoms with Gasteiger partial charge < -0.3 is 10.2 Å². The highest BCUT2D eigenvalue weighted by molar-refractivity contribution is 5.80. The van der Waals surface area contributed by atoms with Crippen LogP contribution in [-0.2, 0) is 0 Å². The lowest BCUT2D eigenvalue weighted by atomic mass is 9.99. The fourth-order valence-electron chi connectivity index (χ4n) is 4.08. The summed E-state index contributed by atoms with van der Waals surface area (Å²) in [7, 11) is 1.90. The van der Waals surface area contributed by atoms with Crippen LogP contribution in [0.25, 0.3) is 0 Å². The van der Waals surface area contributed by atoms with Crippen molar-refractivity contribution in [2.45, 2.75) is 44.6 Å². The maximum absolute atomic E-state index is 4.51. The summed E-state index contributed by atoms with van der Waals surface area (Å²) in [5.41, 5.74) is 1.46. The maximum Gasteiger partial charge on any atom is 0.193 e. The Morgan fingerprint density at radius 2 is 2.00 bits per heavy atom. The molecule has 2 atom stereocenters. The molecular formula is C20H32N4. The quantitative estimate of drug-likeness (QED) is 0.681. The van der Waals surface area contributed by atoms with Crippen molar-refractivity contribution in [2.75, 3.05) is 39.8 Å². The van der Waals surface area contributed by atoms with Crippen molar-refractivity contribution in [2.24, 2.45) is 4.99 Å². The number of rotatable bonds is 4. The van der Waals surface area contributed by atoms with Crippen LogP contribution in [0.1, 0.15) is 44.1 Å². The third-order valence-corrected chi connectivity index (χ3v) is 5.59. The molecule has 2 unspecified atom stereocenters. The maximum atomic E-state index is 4.51. The van der Waals surface area contributed by atoms with Gasteiger partial charge >= 0.3 is 0 Å². The van der Waals surface area contributed by atoms with Crippen LogP contribution >= 0.6 is 0 Å². The molecule has 24 heavy (non-hydrogen) atoms. The van der Waals surface area contributed by atoms with E-state index in [4.69, 9.17) is 0 Å². The molecule has 0 aromatic heterocycles. The van der Waals surface area contributed by atoms with E-state index in [9.17, 15) is 0 Å². The molecule has 2 saturated heterocycles. The summed E-state index contributed by atoms with van der Waals surface area (Å²) in [4.78, 5) is 9.54. The number of nitrogens with one attached hydrogen (secondary N) is 1. The van der Waals surface area contributed by atoms with Crippen molar-refractivity contribution in [3.63, 3.8) is 0 Å². The highest BCUT2D eigenvalue weighted by Crippen LogP contribution is 2.26. The fraction of sp³-hybridized carbons (Fsp3) is 0.650. The van der Waals surface area contributed by atoms with E-state index in [2.05, 4.69) is 57.4 Å². The minimum Gasteiger partial charge on any atom is -0.355 e. The second-order valence-electron chi connectivity index (χ2n) is 7.20. The van der Waals surface area contributed by atoms with Gasteiger partial charge in [0.1, 0.15) is 0 Å². The molecular weight excluding hydrogens is 296 g/mol. The van der Waals surface area contributed by atoms with Crippen molar-refractivity contribution in [1.29, 1.82) is 0 Å². The first-order valence-electron chi connectivity index (χ1n) is 9.52. The van der Waals surface area contributed by atoms with Crippen molar-refractivity contribution >= 4 is 5.96 Å². The standard InChI is InChI=1S/C20H32N4/c1-17-8-6-7-13-23(17)15-12-22-20(21-2)24-14-11-19(16-24)18-9-4-3-5-10-18/h3-5,9-10,17,19H,6-8,11-16H2,1-2H3,(H,21,22). The molecule has 0 saturated carbocycles. The molecule has 4 heteroatoms. The van der Waals surface area contributed by atoms with Crippen molar-refractivity contribution in [1.82, 2.24) is 15.1 Å². The van der Waals surface area contributed by atoms with Gasteiger partial charge in [0, 0.05) is 45.2 Å². The summed E-state index contributed by atoms with van der Waals surface area (Å²) in [6.45, 7) is 7.89. The van der Waals surface area contributed by atoms with Gasteiger partial charge in [-0.3, -0.25) is 9.89 Å². The van der Waals surface area contributed by atoms with Crippen LogP contribution in [-0.4, -0.2) is 61.6 Å². The van der Waals surface area contributed by atoms with Gasteiger partial charge in [0.25, 0.3) is 0 Å². The zero-order valence-electron chi connectivity index (χ0n) is 15.2. The average Bonchev–Trinajstić information content (AvgIpc) is 3.11. The van der Waals surface area contributed by atoms with Crippen LogP contribution in [0.2, 0.25) is 0 Å². The predicted octanol–water partition coefficient (Wildman–Crippen LogP) is 2.93. The number of piperidine rings is 1. The first-order chi connectivity index (χ1) is 11.8. The molecule has 2 heterocycles. The lowest BCUT2D eigenvalue weighted by molar-refractivity contribution is 0.163. The Hall–Kier alpha value is -1.55. The van der Waals surface area contributed by atoms with E-state index in [1.165, 1.54) is 37.8 Å². The smallest absolute Gasteiger partial charge is 0.193 e. The minimum absolute atomic E-state index is 0.631. The van der Waals surface area contributed by atoms with Crippen LogP contribution in [0.15, 0.2) is 35.3 Å². The van der Waals surface area contributed by atoms with Crippen LogP contribution < -0.4 is 5.32 Å². The van der Waals surface area contributed by atoms with E-state index in [1.807, 2.05) is 7.05 Å². The number of benzene rings is 1. The van der Waals surface area contributed by atoms with E-state index in [1.54, 1.807) is 0 Å². The molecule has 2 aliphatic heterocycles. The minimum atomic E-state index is 0.631. The van der Waals surface area contributed by atoms with Crippen LogP contribution in [0.4, 0.5) is 0 Å². The molecule has 0 aliphatic carbocycles. The summed E-state index contributed by atoms with van der Waals surface area (Å²) in [6, 6.07) is 11.6.